The average Bonchev–Trinajstić information content (AvgIpc) is 3.10. The molecule has 7 heteroatoms. The minimum atomic E-state index is -1.16. The van der Waals surface area contributed by atoms with Crippen molar-refractivity contribution in [3.05, 3.63) is 52.9 Å². The Bertz CT molecular complexity index is 852. The van der Waals surface area contributed by atoms with E-state index < -0.39 is 29.2 Å². The summed E-state index contributed by atoms with van der Waals surface area (Å²) in [6.45, 7) is 5.42. The largest absolute Gasteiger partial charge is 0.461 e. The van der Waals surface area contributed by atoms with Crippen LogP contribution in [0.25, 0.3) is 0 Å². The number of anilines is 1. The molecule has 1 aliphatic heterocycles. The van der Waals surface area contributed by atoms with Crippen molar-refractivity contribution in [2.45, 2.75) is 32.2 Å². The van der Waals surface area contributed by atoms with Crippen LogP contribution in [-0.2, 0) is 4.79 Å². The van der Waals surface area contributed by atoms with Crippen molar-refractivity contribution in [1.82, 2.24) is 5.32 Å². The Labute approximate surface area is 149 Å². The van der Waals surface area contributed by atoms with Crippen molar-refractivity contribution in [2.24, 2.45) is 0 Å². The highest BCUT2D eigenvalue weighted by Gasteiger charge is 2.46. The first kappa shape index (κ1) is 17.2. The maximum atomic E-state index is 12.9. The second-order valence-electron chi connectivity index (χ2n) is 6.83. The summed E-state index contributed by atoms with van der Waals surface area (Å²) < 4.78 is 5.12. The lowest BCUT2D eigenvalue weighted by Crippen LogP contribution is -2.50. The molecular formula is C18H17ClN2O4. The van der Waals surface area contributed by atoms with Gasteiger partial charge in [-0.2, -0.15) is 0 Å². The van der Waals surface area contributed by atoms with Crippen LogP contribution in [0.5, 0.6) is 0 Å². The Balaban J connectivity index is 2.05. The molecule has 1 aromatic heterocycles. The normalized spacial score (nSPS) is 16.7. The molecule has 1 aliphatic rings. The third-order valence-electron chi connectivity index (χ3n) is 3.72. The summed E-state index contributed by atoms with van der Waals surface area (Å²) in [4.78, 5) is 39.2. The van der Waals surface area contributed by atoms with Crippen LogP contribution in [0.2, 0.25) is 5.02 Å². The summed E-state index contributed by atoms with van der Waals surface area (Å²) in [6, 6.07) is 7.13. The van der Waals surface area contributed by atoms with Crippen LogP contribution in [0.3, 0.4) is 0 Å². The van der Waals surface area contributed by atoms with Gasteiger partial charge in [-0.05, 0) is 56.7 Å². The highest BCUT2D eigenvalue weighted by Crippen LogP contribution is 2.40. The summed E-state index contributed by atoms with van der Waals surface area (Å²) in [5.41, 5.74) is 0.205. The number of urea groups is 1. The number of Topliss-reactive ketones (excluding diaryl/α,β-unsaturated/α-hetero) is 1. The molecule has 0 aliphatic carbocycles. The molecule has 1 unspecified atom stereocenters. The first-order valence-corrected chi connectivity index (χ1v) is 8.10. The van der Waals surface area contributed by atoms with Crippen molar-refractivity contribution < 1.29 is 18.8 Å². The van der Waals surface area contributed by atoms with Gasteiger partial charge in [0.2, 0.25) is 5.78 Å². The zero-order valence-electron chi connectivity index (χ0n) is 14.0. The molecule has 0 bridgehead atoms. The molecule has 130 valence electrons. The molecular weight excluding hydrogens is 344 g/mol. The monoisotopic (exact) mass is 360 g/mol. The number of amides is 3. The van der Waals surface area contributed by atoms with E-state index in [0.717, 1.165) is 4.90 Å². The lowest BCUT2D eigenvalue weighted by molar-refractivity contribution is -0.117. The topological polar surface area (TPSA) is 79.6 Å². The van der Waals surface area contributed by atoms with Crippen molar-refractivity contribution >= 4 is 35.0 Å². The van der Waals surface area contributed by atoms with E-state index in [9.17, 15) is 14.4 Å². The minimum absolute atomic E-state index is 0.0577. The summed E-state index contributed by atoms with van der Waals surface area (Å²) in [7, 11) is 0. The number of hydrogen-bond donors (Lipinski definition) is 1. The predicted octanol–water partition coefficient (Wildman–Crippen LogP) is 3.75. The standard InChI is InChI=1S/C18H17ClN2O4/c1-18(2,3)20-17(24)21-12-7-6-10(19)9-11(12)14(16(21)23)15(22)13-5-4-8-25-13/h4-9,14H,1-3H3,(H,20,24). The van der Waals surface area contributed by atoms with Crippen molar-refractivity contribution in [3.63, 3.8) is 0 Å². The SMILES string of the molecule is CC(C)(C)NC(=O)N1C(=O)C(C(=O)c2ccco2)c2cc(Cl)ccc21. The third-order valence-corrected chi connectivity index (χ3v) is 3.96. The van der Waals surface area contributed by atoms with Crippen LogP contribution < -0.4 is 10.2 Å². The Hall–Kier alpha value is -2.60. The van der Waals surface area contributed by atoms with Gasteiger partial charge in [-0.25, -0.2) is 9.69 Å². The molecule has 6 nitrogen and oxygen atoms in total. The van der Waals surface area contributed by atoms with Gasteiger partial charge in [-0.15, -0.1) is 0 Å². The number of hydrogen-bond acceptors (Lipinski definition) is 4. The number of benzene rings is 1. The highest BCUT2D eigenvalue weighted by molar-refractivity contribution is 6.33. The van der Waals surface area contributed by atoms with Gasteiger partial charge in [0.1, 0.15) is 5.92 Å². The van der Waals surface area contributed by atoms with Gasteiger partial charge in [0.05, 0.1) is 12.0 Å². The number of nitrogens with zero attached hydrogens (tertiary/aromatic N) is 1. The van der Waals surface area contributed by atoms with Crippen molar-refractivity contribution in [1.29, 1.82) is 0 Å². The summed E-state index contributed by atoms with van der Waals surface area (Å²) in [5, 5.41) is 3.12. The molecule has 0 spiro atoms. The molecule has 3 amide bonds. The van der Waals surface area contributed by atoms with E-state index in [1.165, 1.54) is 18.4 Å². The molecule has 1 atom stereocenters. The van der Waals surface area contributed by atoms with Crippen molar-refractivity contribution in [2.75, 3.05) is 4.90 Å². The number of halogens is 1. The van der Waals surface area contributed by atoms with Gasteiger partial charge in [0.15, 0.2) is 5.76 Å². The number of carbonyl (C=O) groups excluding carboxylic acids is 3. The number of imide groups is 1. The van der Waals surface area contributed by atoms with Crippen LogP contribution in [0.1, 0.15) is 42.8 Å². The number of furan rings is 1. The maximum absolute atomic E-state index is 12.9. The Morgan fingerprint density at radius 1 is 1.24 bits per heavy atom. The van der Waals surface area contributed by atoms with E-state index in [1.54, 1.807) is 39.0 Å². The molecule has 2 heterocycles. The molecule has 0 saturated carbocycles. The molecule has 0 radical (unpaired) electrons. The summed E-state index contributed by atoms with van der Waals surface area (Å²) in [5.74, 6) is -2.24. The zero-order valence-corrected chi connectivity index (χ0v) is 14.8. The third kappa shape index (κ3) is 3.17. The maximum Gasteiger partial charge on any atom is 0.329 e. The van der Waals surface area contributed by atoms with Gasteiger partial charge >= 0.3 is 6.03 Å². The van der Waals surface area contributed by atoms with E-state index in [2.05, 4.69) is 5.32 Å². The van der Waals surface area contributed by atoms with E-state index in [0.29, 0.717) is 16.3 Å². The molecule has 2 aromatic rings. The van der Waals surface area contributed by atoms with Gasteiger partial charge in [-0.3, -0.25) is 9.59 Å². The number of fused-ring (bicyclic) bond motifs is 1. The Morgan fingerprint density at radius 3 is 2.56 bits per heavy atom. The van der Waals surface area contributed by atoms with Crippen LogP contribution in [0.15, 0.2) is 41.0 Å². The highest BCUT2D eigenvalue weighted by atomic mass is 35.5. The smallest absolute Gasteiger partial charge is 0.329 e. The van der Waals surface area contributed by atoms with E-state index in [4.69, 9.17) is 16.0 Å². The first-order chi connectivity index (χ1) is 11.7. The number of carbonyl (C=O) groups is 3. The lowest BCUT2D eigenvalue weighted by atomic mass is 9.95. The predicted molar refractivity (Wildman–Crippen MR) is 93.0 cm³/mol. The second-order valence-corrected chi connectivity index (χ2v) is 7.27. The lowest BCUT2D eigenvalue weighted by Gasteiger charge is -2.25. The molecule has 1 aromatic carbocycles. The Kier molecular flexibility index (Phi) is 4.16. The summed E-state index contributed by atoms with van der Waals surface area (Å²) >= 11 is 6.03. The van der Waals surface area contributed by atoms with Gasteiger partial charge in [0, 0.05) is 10.6 Å². The van der Waals surface area contributed by atoms with Crippen molar-refractivity contribution in [3.8, 4) is 0 Å². The minimum Gasteiger partial charge on any atom is -0.461 e. The number of ketones is 1. The Morgan fingerprint density at radius 2 is 1.96 bits per heavy atom. The fourth-order valence-electron chi connectivity index (χ4n) is 2.74. The fourth-order valence-corrected chi connectivity index (χ4v) is 2.92. The van der Waals surface area contributed by atoms with Crippen LogP contribution in [-0.4, -0.2) is 23.3 Å². The quantitative estimate of drug-likeness (QED) is 0.653. The number of nitrogens with one attached hydrogen (secondary N) is 1. The summed E-state index contributed by atoms with van der Waals surface area (Å²) in [6.07, 6.45) is 1.36. The second kappa shape index (κ2) is 6.04. The average molecular weight is 361 g/mol. The molecule has 3 rings (SSSR count). The van der Waals surface area contributed by atoms with E-state index in [1.807, 2.05) is 0 Å². The molecule has 0 saturated heterocycles. The van der Waals surface area contributed by atoms with Crippen LogP contribution >= 0.6 is 11.6 Å². The van der Waals surface area contributed by atoms with Crippen LogP contribution in [0, 0.1) is 0 Å². The van der Waals surface area contributed by atoms with Gasteiger partial charge in [-0.1, -0.05) is 11.6 Å². The van der Waals surface area contributed by atoms with E-state index >= 15 is 0 Å². The van der Waals surface area contributed by atoms with Crippen LogP contribution in [0.4, 0.5) is 10.5 Å². The zero-order chi connectivity index (χ0) is 18.4. The first-order valence-electron chi connectivity index (χ1n) is 7.72. The van der Waals surface area contributed by atoms with E-state index in [-0.39, 0.29) is 5.76 Å². The number of rotatable bonds is 2. The van der Waals surface area contributed by atoms with Gasteiger partial charge in [0.25, 0.3) is 5.91 Å². The molecule has 1 N–H and O–H groups in total. The van der Waals surface area contributed by atoms with Gasteiger partial charge < -0.3 is 9.73 Å². The molecule has 25 heavy (non-hydrogen) atoms. The molecule has 0 fully saturated rings. The fraction of sp³-hybridized carbons (Fsp3) is 0.278.